The van der Waals surface area contributed by atoms with Crippen LogP contribution in [0.15, 0.2) is 37.4 Å². The van der Waals surface area contributed by atoms with Gasteiger partial charge in [-0.2, -0.15) is 0 Å². The molecule has 1 aromatic rings. The van der Waals surface area contributed by atoms with Crippen LogP contribution in [0.1, 0.15) is 29.9 Å². The van der Waals surface area contributed by atoms with Crippen LogP contribution in [0.4, 0.5) is 0 Å². The lowest BCUT2D eigenvalue weighted by Gasteiger charge is -2.07. The molecule has 0 saturated carbocycles. The van der Waals surface area contributed by atoms with Crippen LogP contribution in [0, 0.1) is 0 Å². The average Bonchev–Trinajstić information content (AvgIpc) is 2.64. The molecule has 1 N–H and O–H groups in total. The van der Waals surface area contributed by atoms with Gasteiger partial charge >= 0.3 is 5.97 Å². The van der Waals surface area contributed by atoms with Crippen molar-refractivity contribution in [3.8, 4) is 0 Å². The molecule has 0 radical (unpaired) electrons. The maximum Gasteiger partial charge on any atom is 0.303 e. The van der Waals surface area contributed by atoms with E-state index in [0.29, 0.717) is 0 Å². The van der Waals surface area contributed by atoms with E-state index >= 15 is 0 Å². The Morgan fingerprint density at radius 2 is 2.07 bits per heavy atom. The summed E-state index contributed by atoms with van der Waals surface area (Å²) in [6.45, 7) is 6.00. The highest BCUT2D eigenvalue weighted by Gasteiger charge is 2.23. The van der Waals surface area contributed by atoms with Crippen LogP contribution in [0.25, 0.3) is 0 Å². The molecule has 80 valence electrons. The van der Waals surface area contributed by atoms with Gasteiger partial charge in [-0.15, -0.1) is 13.2 Å². The minimum atomic E-state index is -0.693. The molecule has 0 spiro atoms. The second kappa shape index (κ2) is 5.35. The summed E-state index contributed by atoms with van der Waals surface area (Å²) in [5.74, 6) is -0.449. The zero-order valence-corrected chi connectivity index (χ0v) is 8.78. The van der Waals surface area contributed by atoms with Gasteiger partial charge in [-0.25, -0.2) is 0 Å². The number of aliphatic carboxylic acids is 1. The number of rotatable bonds is 2. The number of benzene rings is 1. The fraction of sp³-hybridized carbons (Fsp3) is 0.308. The minimum Gasteiger partial charge on any atom is -0.481 e. The summed E-state index contributed by atoms with van der Waals surface area (Å²) in [6.07, 6.45) is 2.30. The van der Waals surface area contributed by atoms with Gasteiger partial charge < -0.3 is 5.11 Å². The van der Waals surface area contributed by atoms with Crippen LogP contribution in [0.3, 0.4) is 0 Å². The highest BCUT2D eigenvalue weighted by Crippen LogP contribution is 2.34. The summed E-state index contributed by atoms with van der Waals surface area (Å²) in [7, 11) is 0. The van der Waals surface area contributed by atoms with E-state index in [1.165, 1.54) is 11.1 Å². The second-order valence-corrected chi connectivity index (χ2v) is 3.53. The number of fused-ring (bicyclic) bond motifs is 1. The molecule has 1 atom stereocenters. The second-order valence-electron chi connectivity index (χ2n) is 3.53. The lowest BCUT2D eigenvalue weighted by atomic mass is 9.98. The predicted molar refractivity (Wildman–Crippen MR) is 61.0 cm³/mol. The van der Waals surface area contributed by atoms with Crippen molar-refractivity contribution in [3.05, 3.63) is 48.6 Å². The maximum absolute atomic E-state index is 10.6. The Kier molecular flexibility index (Phi) is 4.10. The van der Waals surface area contributed by atoms with Crippen molar-refractivity contribution in [2.45, 2.75) is 25.2 Å². The first-order valence-corrected chi connectivity index (χ1v) is 5.07. The fourth-order valence-corrected chi connectivity index (χ4v) is 2.07. The molecular formula is C13H16O2. The summed E-state index contributed by atoms with van der Waals surface area (Å²) >= 11 is 0. The van der Waals surface area contributed by atoms with Gasteiger partial charge in [-0.3, -0.25) is 4.79 Å². The Morgan fingerprint density at radius 3 is 2.73 bits per heavy atom. The quantitative estimate of drug-likeness (QED) is 0.752. The molecule has 2 rings (SSSR count). The summed E-state index contributed by atoms with van der Waals surface area (Å²) in [5.41, 5.74) is 2.57. The summed E-state index contributed by atoms with van der Waals surface area (Å²) in [4.78, 5) is 10.6. The first-order valence-electron chi connectivity index (χ1n) is 5.07. The number of hydrogen-bond donors (Lipinski definition) is 1. The zero-order valence-electron chi connectivity index (χ0n) is 8.78. The van der Waals surface area contributed by atoms with Gasteiger partial charge in [0.15, 0.2) is 0 Å². The monoisotopic (exact) mass is 204 g/mol. The summed E-state index contributed by atoms with van der Waals surface area (Å²) in [6, 6.07) is 8.15. The Balaban J connectivity index is 0.000000531. The molecule has 0 fully saturated rings. The maximum atomic E-state index is 10.6. The SMILES string of the molecule is C=C.O=C(O)CC1CCc2ccccc21. The Hall–Kier alpha value is -1.57. The van der Waals surface area contributed by atoms with Gasteiger partial charge in [0.05, 0.1) is 6.42 Å². The largest absolute Gasteiger partial charge is 0.481 e. The van der Waals surface area contributed by atoms with Crippen LogP contribution < -0.4 is 0 Å². The van der Waals surface area contributed by atoms with Crippen molar-refractivity contribution in [2.24, 2.45) is 0 Å². The van der Waals surface area contributed by atoms with E-state index in [9.17, 15) is 4.79 Å². The van der Waals surface area contributed by atoms with E-state index in [1.54, 1.807) is 0 Å². The average molecular weight is 204 g/mol. The first-order chi connectivity index (χ1) is 7.27. The van der Waals surface area contributed by atoms with Crippen LogP contribution in [-0.4, -0.2) is 11.1 Å². The third-order valence-electron chi connectivity index (χ3n) is 2.68. The van der Waals surface area contributed by atoms with Crippen LogP contribution in [0.2, 0.25) is 0 Å². The topological polar surface area (TPSA) is 37.3 Å². The van der Waals surface area contributed by atoms with Crippen molar-refractivity contribution in [3.63, 3.8) is 0 Å². The molecule has 0 saturated heterocycles. The van der Waals surface area contributed by atoms with Gasteiger partial charge in [-0.05, 0) is 29.9 Å². The Labute approximate surface area is 90.3 Å². The van der Waals surface area contributed by atoms with Crippen LogP contribution in [-0.2, 0) is 11.2 Å². The van der Waals surface area contributed by atoms with E-state index in [4.69, 9.17) is 5.11 Å². The van der Waals surface area contributed by atoms with Gasteiger partial charge in [-0.1, -0.05) is 24.3 Å². The highest BCUT2D eigenvalue weighted by atomic mass is 16.4. The van der Waals surface area contributed by atoms with Gasteiger partial charge in [0.2, 0.25) is 0 Å². The third kappa shape index (κ3) is 2.69. The number of carbonyl (C=O) groups is 1. The third-order valence-corrected chi connectivity index (χ3v) is 2.68. The van der Waals surface area contributed by atoms with Crippen molar-refractivity contribution >= 4 is 5.97 Å². The van der Waals surface area contributed by atoms with Gasteiger partial charge in [0.25, 0.3) is 0 Å². The molecule has 1 aliphatic carbocycles. The summed E-state index contributed by atoms with van der Waals surface area (Å²) in [5, 5.41) is 8.70. The molecule has 0 aliphatic heterocycles. The zero-order chi connectivity index (χ0) is 11.3. The molecule has 0 aromatic heterocycles. The number of aryl methyl sites for hydroxylation is 1. The van der Waals surface area contributed by atoms with Crippen LogP contribution in [0.5, 0.6) is 0 Å². The van der Waals surface area contributed by atoms with Gasteiger partial charge in [0.1, 0.15) is 0 Å². The first kappa shape index (κ1) is 11.5. The van der Waals surface area contributed by atoms with Crippen molar-refractivity contribution in [1.29, 1.82) is 0 Å². The fourth-order valence-electron chi connectivity index (χ4n) is 2.07. The van der Waals surface area contributed by atoms with E-state index < -0.39 is 5.97 Å². The van der Waals surface area contributed by atoms with E-state index in [2.05, 4.69) is 25.3 Å². The van der Waals surface area contributed by atoms with Crippen molar-refractivity contribution in [2.75, 3.05) is 0 Å². The highest BCUT2D eigenvalue weighted by molar-refractivity contribution is 5.68. The molecule has 2 heteroatoms. The molecule has 1 aromatic carbocycles. The van der Waals surface area contributed by atoms with Gasteiger partial charge in [0, 0.05) is 0 Å². The molecule has 0 heterocycles. The van der Waals surface area contributed by atoms with E-state index in [0.717, 1.165) is 12.8 Å². The predicted octanol–water partition coefficient (Wildman–Crippen LogP) is 2.99. The van der Waals surface area contributed by atoms with E-state index in [1.807, 2.05) is 12.1 Å². The lowest BCUT2D eigenvalue weighted by molar-refractivity contribution is -0.137. The van der Waals surface area contributed by atoms with Crippen molar-refractivity contribution < 1.29 is 9.90 Å². The standard InChI is InChI=1S/C11H12O2.C2H4/c12-11(13)7-9-6-5-8-3-1-2-4-10(8)9;1-2/h1-4,9H,5-7H2,(H,12,13);1-2H2. The minimum absolute atomic E-state index is 0.244. The van der Waals surface area contributed by atoms with Crippen LogP contribution >= 0.6 is 0 Å². The molecule has 0 amide bonds. The summed E-state index contributed by atoms with van der Waals surface area (Å²) < 4.78 is 0. The Bertz CT molecular complexity index is 344. The number of carboxylic acids is 1. The number of hydrogen-bond acceptors (Lipinski definition) is 1. The van der Waals surface area contributed by atoms with Crippen molar-refractivity contribution in [1.82, 2.24) is 0 Å². The lowest BCUT2D eigenvalue weighted by Crippen LogP contribution is -2.02. The molecule has 1 unspecified atom stereocenters. The van der Waals surface area contributed by atoms with E-state index in [-0.39, 0.29) is 12.3 Å². The molecular weight excluding hydrogens is 188 g/mol. The molecule has 0 bridgehead atoms. The normalized spacial score (nSPS) is 17.5. The number of carboxylic acid groups (broad SMARTS) is 1. The molecule has 1 aliphatic rings. The smallest absolute Gasteiger partial charge is 0.303 e. The Morgan fingerprint density at radius 1 is 1.40 bits per heavy atom. The molecule has 2 nitrogen and oxygen atoms in total. The molecule has 15 heavy (non-hydrogen) atoms.